The second-order valence-electron chi connectivity index (χ2n) is 6.68. The van der Waals surface area contributed by atoms with Gasteiger partial charge in [0.15, 0.2) is 6.10 Å². The number of aromatic nitrogens is 1. The molecule has 0 aliphatic heterocycles. The number of ether oxygens (including phenoxy) is 2. The van der Waals surface area contributed by atoms with Crippen molar-refractivity contribution in [2.75, 3.05) is 7.11 Å². The summed E-state index contributed by atoms with van der Waals surface area (Å²) in [5.41, 5.74) is 2.02. The number of carboxylic acids is 1. The number of benzene rings is 2. The first-order valence-corrected chi connectivity index (χ1v) is 9.48. The van der Waals surface area contributed by atoms with Crippen molar-refractivity contribution in [3.05, 3.63) is 89.8 Å². The van der Waals surface area contributed by atoms with Gasteiger partial charge in [0.05, 0.1) is 12.8 Å². The molecule has 0 saturated heterocycles. The molecule has 3 rings (SSSR count). The van der Waals surface area contributed by atoms with E-state index >= 15 is 0 Å². The van der Waals surface area contributed by atoms with E-state index in [0.717, 1.165) is 5.56 Å². The molecule has 0 bridgehead atoms. The molecule has 3 aromatic rings. The molecule has 154 valence electrons. The van der Waals surface area contributed by atoms with Gasteiger partial charge in [-0.05, 0) is 48.9 Å². The highest BCUT2D eigenvalue weighted by atomic mass is 16.5. The largest absolute Gasteiger partial charge is 0.497 e. The second-order valence-corrected chi connectivity index (χ2v) is 6.68. The third kappa shape index (κ3) is 5.17. The highest BCUT2D eigenvalue weighted by Crippen LogP contribution is 2.18. The maximum Gasteiger partial charge on any atom is 0.344 e. The van der Waals surface area contributed by atoms with Crippen LogP contribution in [0.3, 0.4) is 0 Å². The summed E-state index contributed by atoms with van der Waals surface area (Å²) < 4.78 is 12.5. The van der Waals surface area contributed by atoms with Crippen molar-refractivity contribution in [3.63, 3.8) is 0 Å². The molecule has 1 heterocycles. The van der Waals surface area contributed by atoms with Crippen molar-refractivity contribution in [1.29, 1.82) is 0 Å². The van der Waals surface area contributed by atoms with Crippen LogP contribution >= 0.6 is 0 Å². The van der Waals surface area contributed by atoms with E-state index in [2.05, 4.69) is 0 Å². The first-order valence-electron chi connectivity index (χ1n) is 9.48. The number of ketones is 1. The molecule has 1 aromatic heterocycles. The average molecular weight is 405 g/mol. The summed E-state index contributed by atoms with van der Waals surface area (Å²) in [4.78, 5) is 23.8. The van der Waals surface area contributed by atoms with Crippen LogP contribution in [-0.4, -0.2) is 34.6 Å². The molecule has 0 radical (unpaired) electrons. The minimum atomic E-state index is -1.02. The minimum Gasteiger partial charge on any atom is -0.497 e. The van der Waals surface area contributed by atoms with Gasteiger partial charge < -0.3 is 19.1 Å². The smallest absolute Gasteiger partial charge is 0.344 e. The maximum atomic E-state index is 12.9. The van der Waals surface area contributed by atoms with E-state index in [1.807, 2.05) is 35.0 Å². The van der Waals surface area contributed by atoms with Gasteiger partial charge in [-0.25, -0.2) is 4.79 Å². The van der Waals surface area contributed by atoms with Gasteiger partial charge in [-0.2, -0.15) is 0 Å². The molecule has 0 aliphatic carbocycles. The van der Waals surface area contributed by atoms with Gasteiger partial charge in [-0.1, -0.05) is 36.4 Å². The van der Waals surface area contributed by atoms with Crippen molar-refractivity contribution >= 4 is 17.8 Å². The van der Waals surface area contributed by atoms with Crippen molar-refractivity contribution in [3.8, 4) is 11.5 Å². The number of aliphatic carboxylic acids is 1. The summed E-state index contributed by atoms with van der Waals surface area (Å²) in [7, 11) is 1.57. The van der Waals surface area contributed by atoms with Gasteiger partial charge in [0, 0.05) is 18.3 Å². The number of carbonyl (C=O) groups excluding carboxylic acids is 1. The lowest BCUT2D eigenvalue weighted by atomic mass is 10.1. The Kier molecular flexibility index (Phi) is 6.70. The molecule has 1 unspecified atom stereocenters. The van der Waals surface area contributed by atoms with Crippen LogP contribution in [0.1, 0.15) is 28.5 Å². The number of nitrogens with zero attached hydrogens (tertiary/aromatic N) is 1. The summed E-state index contributed by atoms with van der Waals surface area (Å²) in [5.74, 6) is 0.0298. The van der Waals surface area contributed by atoms with Gasteiger partial charge >= 0.3 is 5.97 Å². The number of methoxy groups -OCH3 is 1. The Morgan fingerprint density at radius 2 is 1.83 bits per heavy atom. The Labute approximate surface area is 175 Å². The summed E-state index contributed by atoms with van der Waals surface area (Å²) in [6.07, 6.45) is 4.76. The zero-order chi connectivity index (χ0) is 21.5. The molecule has 6 heteroatoms. The molecule has 0 fully saturated rings. The molecular weight excluding hydrogens is 382 g/mol. The average Bonchev–Trinajstić information content (AvgIpc) is 3.22. The fraction of sp³-hybridized carbons (Fsp3) is 0.167. The minimum absolute atomic E-state index is 0.0784. The zero-order valence-electron chi connectivity index (χ0n) is 16.8. The molecule has 0 aliphatic rings. The van der Waals surface area contributed by atoms with Gasteiger partial charge in [-0.15, -0.1) is 0 Å². The van der Waals surface area contributed by atoms with E-state index in [9.17, 15) is 9.59 Å². The standard InChI is InChI=1S/C24H23NO5/c1-17(24(27)28)30-21-11-3-7-18(15-21)8-5-13-25-14-6-12-22(25)23(26)19-9-4-10-20(16-19)29-2/h3-12,14-17H,13H2,1-2H3,(H,27,28)/b8-5+. The third-order valence-electron chi connectivity index (χ3n) is 4.53. The van der Waals surface area contributed by atoms with Crippen LogP contribution in [0.15, 0.2) is 72.9 Å². The molecular formula is C24H23NO5. The number of allylic oxidation sites excluding steroid dienone is 1. The third-order valence-corrected chi connectivity index (χ3v) is 4.53. The highest BCUT2D eigenvalue weighted by Gasteiger charge is 2.14. The second kappa shape index (κ2) is 9.60. The van der Waals surface area contributed by atoms with E-state index in [0.29, 0.717) is 29.3 Å². The summed E-state index contributed by atoms with van der Waals surface area (Å²) in [6.45, 7) is 1.99. The fourth-order valence-electron chi connectivity index (χ4n) is 2.94. The predicted octanol–water partition coefficient (Wildman–Crippen LogP) is 4.29. The Morgan fingerprint density at radius 3 is 2.60 bits per heavy atom. The van der Waals surface area contributed by atoms with E-state index < -0.39 is 12.1 Å². The zero-order valence-corrected chi connectivity index (χ0v) is 16.8. The quantitative estimate of drug-likeness (QED) is 0.537. The van der Waals surface area contributed by atoms with E-state index in [4.69, 9.17) is 14.6 Å². The van der Waals surface area contributed by atoms with Gasteiger partial charge in [-0.3, -0.25) is 4.79 Å². The van der Waals surface area contributed by atoms with Crippen LogP contribution in [0.4, 0.5) is 0 Å². The lowest BCUT2D eigenvalue weighted by Gasteiger charge is -2.10. The van der Waals surface area contributed by atoms with Crippen molar-refractivity contribution in [1.82, 2.24) is 4.57 Å². The first kappa shape index (κ1) is 20.9. The Hall–Kier alpha value is -3.80. The SMILES string of the molecule is COc1cccc(C(=O)c2cccn2C/C=C/c2cccc(OC(C)C(=O)O)c2)c1. The fourth-order valence-corrected chi connectivity index (χ4v) is 2.94. The molecule has 0 amide bonds. The monoisotopic (exact) mass is 405 g/mol. The number of carbonyl (C=O) groups is 2. The number of hydrogen-bond acceptors (Lipinski definition) is 4. The Balaban J connectivity index is 1.70. The van der Waals surface area contributed by atoms with Crippen LogP contribution in [-0.2, 0) is 11.3 Å². The lowest BCUT2D eigenvalue weighted by Crippen LogP contribution is -2.22. The predicted molar refractivity (Wildman–Crippen MR) is 114 cm³/mol. The van der Waals surface area contributed by atoms with Crippen LogP contribution in [0.2, 0.25) is 0 Å². The summed E-state index contributed by atoms with van der Waals surface area (Å²) in [6, 6.07) is 17.9. The van der Waals surface area contributed by atoms with Crippen LogP contribution in [0.25, 0.3) is 6.08 Å². The van der Waals surface area contributed by atoms with E-state index in [1.54, 1.807) is 55.6 Å². The van der Waals surface area contributed by atoms with E-state index in [1.165, 1.54) is 6.92 Å². The molecule has 2 aromatic carbocycles. The summed E-state index contributed by atoms with van der Waals surface area (Å²) >= 11 is 0. The van der Waals surface area contributed by atoms with Gasteiger partial charge in [0.25, 0.3) is 0 Å². The number of hydrogen-bond donors (Lipinski definition) is 1. The molecule has 30 heavy (non-hydrogen) atoms. The topological polar surface area (TPSA) is 77.8 Å². The van der Waals surface area contributed by atoms with Crippen LogP contribution < -0.4 is 9.47 Å². The van der Waals surface area contributed by atoms with Crippen LogP contribution in [0, 0.1) is 0 Å². The normalized spacial score (nSPS) is 11.9. The highest BCUT2D eigenvalue weighted by molar-refractivity contribution is 6.08. The molecule has 0 saturated carbocycles. The number of carboxylic acid groups (broad SMARTS) is 1. The van der Waals surface area contributed by atoms with Crippen LogP contribution in [0.5, 0.6) is 11.5 Å². The maximum absolute atomic E-state index is 12.9. The number of rotatable bonds is 9. The van der Waals surface area contributed by atoms with Crippen molar-refractivity contribution < 1.29 is 24.2 Å². The van der Waals surface area contributed by atoms with Gasteiger partial charge in [0.2, 0.25) is 5.78 Å². The van der Waals surface area contributed by atoms with Crippen molar-refractivity contribution in [2.24, 2.45) is 0 Å². The molecule has 0 spiro atoms. The lowest BCUT2D eigenvalue weighted by molar-refractivity contribution is -0.144. The Bertz CT molecular complexity index is 1070. The Morgan fingerprint density at radius 1 is 1.07 bits per heavy atom. The van der Waals surface area contributed by atoms with Gasteiger partial charge in [0.1, 0.15) is 11.5 Å². The van der Waals surface area contributed by atoms with E-state index in [-0.39, 0.29) is 5.78 Å². The van der Waals surface area contributed by atoms with Crippen molar-refractivity contribution in [2.45, 2.75) is 19.6 Å². The molecule has 1 N–H and O–H groups in total. The summed E-state index contributed by atoms with van der Waals surface area (Å²) in [5, 5.41) is 8.97. The first-order chi connectivity index (χ1) is 14.5. The molecule has 1 atom stereocenters. The molecule has 6 nitrogen and oxygen atoms in total.